The standard InChI is InChI=1S/C42H31N/c1-42(2,3)31-23-29-16-15-27-17-20-32(36-22-19-30(24-31)40(29)41(27)36)28-18-21-35-34-12-6-7-13-38(34)43(39(35)25-28)37-14-8-10-26-9-4-5-11-33(26)37/h4-25H,1-3H3. The summed E-state index contributed by atoms with van der Waals surface area (Å²) in [5, 5.41) is 13.1. The van der Waals surface area contributed by atoms with Crippen LogP contribution in [0.25, 0.3) is 81.7 Å². The highest BCUT2D eigenvalue weighted by atomic mass is 15.0. The van der Waals surface area contributed by atoms with Gasteiger partial charge in [-0.2, -0.15) is 0 Å². The lowest BCUT2D eigenvalue weighted by Crippen LogP contribution is -2.10. The number of para-hydroxylation sites is 1. The molecule has 204 valence electrons. The van der Waals surface area contributed by atoms with Crippen molar-refractivity contribution in [3.63, 3.8) is 0 Å². The number of hydrogen-bond acceptors (Lipinski definition) is 0. The SMILES string of the molecule is CC(C)(C)c1cc2ccc3ccc(-c4ccc5c6ccccc6n(-c6cccc7ccccc67)c5c4)c4ccc(c1)c2c34. The van der Waals surface area contributed by atoms with Crippen LogP contribution in [0.3, 0.4) is 0 Å². The molecule has 0 amide bonds. The second-order valence-corrected chi connectivity index (χ2v) is 13.0. The predicted molar refractivity (Wildman–Crippen MR) is 186 cm³/mol. The fourth-order valence-corrected chi connectivity index (χ4v) is 7.31. The van der Waals surface area contributed by atoms with E-state index in [1.54, 1.807) is 0 Å². The molecule has 1 nitrogen and oxygen atoms in total. The van der Waals surface area contributed by atoms with Gasteiger partial charge in [0.15, 0.2) is 0 Å². The minimum Gasteiger partial charge on any atom is -0.309 e. The molecule has 8 aromatic carbocycles. The van der Waals surface area contributed by atoms with E-state index in [-0.39, 0.29) is 5.41 Å². The van der Waals surface area contributed by atoms with E-state index in [1.165, 1.54) is 87.3 Å². The van der Waals surface area contributed by atoms with Crippen molar-refractivity contribution in [3.05, 3.63) is 139 Å². The summed E-state index contributed by atoms with van der Waals surface area (Å²) in [6.45, 7) is 6.89. The molecule has 0 saturated heterocycles. The summed E-state index contributed by atoms with van der Waals surface area (Å²) in [5.41, 5.74) is 7.68. The van der Waals surface area contributed by atoms with Gasteiger partial charge in [0.2, 0.25) is 0 Å². The normalized spacial score (nSPS) is 12.5. The lowest BCUT2D eigenvalue weighted by atomic mass is 9.83. The highest BCUT2D eigenvalue weighted by Gasteiger charge is 2.19. The first-order valence-corrected chi connectivity index (χ1v) is 15.2. The van der Waals surface area contributed by atoms with Crippen LogP contribution in [0, 0.1) is 0 Å². The second kappa shape index (κ2) is 8.69. The maximum atomic E-state index is 2.46. The Labute approximate surface area is 250 Å². The van der Waals surface area contributed by atoms with Gasteiger partial charge in [-0.25, -0.2) is 0 Å². The van der Waals surface area contributed by atoms with Crippen molar-refractivity contribution in [2.75, 3.05) is 0 Å². The molecule has 0 fully saturated rings. The van der Waals surface area contributed by atoms with Gasteiger partial charge in [0.1, 0.15) is 0 Å². The number of fused-ring (bicyclic) bond motifs is 4. The van der Waals surface area contributed by atoms with Crippen LogP contribution in [0.5, 0.6) is 0 Å². The first kappa shape index (κ1) is 24.5. The van der Waals surface area contributed by atoms with Crippen molar-refractivity contribution in [1.82, 2.24) is 4.57 Å². The Bertz CT molecular complexity index is 2510. The van der Waals surface area contributed by atoms with Gasteiger partial charge in [0.25, 0.3) is 0 Å². The molecule has 0 saturated carbocycles. The first-order valence-electron chi connectivity index (χ1n) is 15.2. The third-order valence-corrected chi connectivity index (χ3v) is 9.46. The number of aromatic nitrogens is 1. The Morgan fingerprint density at radius 1 is 0.442 bits per heavy atom. The van der Waals surface area contributed by atoms with Gasteiger partial charge >= 0.3 is 0 Å². The van der Waals surface area contributed by atoms with Gasteiger partial charge in [0.05, 0.1) is 16.7 Å². The molecule has 1 heteroatoms. The highest BCUT2D eigenvalue weighted by Crippen LogP contribution is 2.43. The summed E-state index contributed by atoms with van der Waals surface area (Å²) in [7, 11) is 0. The lowest BCUT2D eigenvalue weighted by Gasteiger charge is -2.22. The molecular weight excluding hydrogens is 518 g/mol. The summed E-state index contributed by atoms with van der Waals surface area (Å²) in [5.74, 6) is 0. The zero-order valence-corrected chi connectivity index (χ0v) is 24.6. The van der Waals surface area contributed by atoms with E-state index in [1.807, 2.05) is 0 Å². The van der Waals surface area contributed by atoms with E-state index >= 15 is 0 Å². The van der Waals surface area contributed by atoms with Crippen LogP contribution < -0.4 is 0 Å². The van der Waals surface area contributed by atoms with Crippen LogP contribution in [0.1, 0.15) is 26.3 Å². The Morgan fingerprint density at radius 2 is 1.09 bits per heavy atom. The van der Waals surface area contributed by atoms with Crippen molar-refractivity contribution in [1.29, 1.82) is 0 Å². The quantitative estimate of drug-likeness (QED) is 0.189. The lowest BCUT2D eigenvalue weighted by molar-refractivity contribution is 0.591. The second-order valence-electron chi connectivity index (χ2n) is 13.0. The molecule has 1 heterocycles. The molecule has 0 unspecified atom stereocenters. The van der Waals surface area contributed by atoms with Gasteiger partial charge in [-0.15, -0.1) is 0 Å². The number of benzene rings is 8. The fourth-order valence-electron chi connectivity index (χ4n) is 7.31. The summed E-state index contributed by atoms with van der Waals surface area (Å²) < 4.78 is 2.46. The van der Waals surface area contributed by atoms with Crippen LogP contribution in [0.2, 0.25) is 0 Å². The molecule has 9 aromatic rings. The zero-order valence-electron chi connectivity index (χ0n) is 24.6. The molecule has 0 spiro atoms. The van der Waals surface area contributed by atoms with Crippen LogP contribution in [-0.4, -0.2) is 4.57 Å². The molecule has 0 bridgehead atoms. The molecule has 0 N–H and O–H groups in total. The molecular formula is C42H31N. The first-order chi connectivity index (χ1) is 21.0. The molecule has 0 aliphatic carbocycles. The molecule has 0 aliphatic rings. The third kappa shape index (κ3) is 3.52. The maximum absolute atomic E-state index is 2.46. The predicted octanol–water partition coefficient (Wildman–Crippen LogP) is 11.8. The van der Waals surface area contributed by atoms with E-state index in [4.69, 9.17) is 0 Å². The number of nitrogens with zero attached hydrogens (tertiary/aromatic N) is 1. The Kier molecular flexibility index (Phi) is 4.94. The molecule has 43 heavy (non-hydrogen) atoms. The Hall–Kier alpha value is -5.14. The summed E-state index contributed by atoms with van der Waals surface area (Å²) in [4.78, 5) is 0. The van der Waals surface area contributed by atoms with Gasteiger partial charge in [-0.3, -0.25) is 0 Å². The van der Waals surface area contributed by atoms with Gasteiger partial charge in [-0.05, 0) is 78.0 Å². The van der Waals surface area contributed by atoms with E-state index in [0.717, 1.165) is 0 Å². The van der Waals surface area contributed by atoms with E-state index in [9.17, 15) is 0 Å². The molecule has 9 rings (SSSR count). The van der Waals surface area contributed by atoms with Crippen molar-refractivity contribution in [2.45, 2.75) is 26.2 Å². The summed E-state index contributed by atoms with van der Waals surface area (Å²) in [6.07, 6.45) is 0. The van der Waals surface area contributed by atoms with Crippen molar-refractivity contribution >= 4 is 64.9 Å². The van der Waals surface area contributed by atoms with Crippen molar-refractivity contribution in [2.24, 2.45) is 0 Å². The van der Waals surface area contributed by atoms with Crippen LogP contribution in [0.4, 0.5) is 0 Å². The molecule has 0 atom stereocenters. The highest BCUT2D eigenvalue weighted by molar-refractivity contribution is 6.26. The zero-order chi connectivity index (χ0) is 28.9. The summed E-state index contributed by atoms with van der Waals surface area (Å²) in [6, 6.07) is 49.8. The molecule has 0 aliphatic heterocycles. The summed E-state index contributed by atoms with van der Waals surface area (Å²) >= 11 is 0. The minimum atomic E-state index is 0.105. The topological polar surface area (TPSA) is 4.93 Å². The van der Waals surface area contributed by atoms with Gasteiger partial charge < -0.3 is 4.57 Å². The largest absolute Gasteiger partial charge is 0.309 e. The Balaban J connectivity index is 1.34. The molecule has 1 aromatic heterocycles. The average Bonchev–Trinajstić information content (AvgIpc) is 3.36. The number of rotatable bonds is 2. The Morgan fingerprint density at radius 3 is 1.93 bits per heavy atom. The fraction of sp³-hybridized carbons (Fsp3) is 0.0952. The van der Waals surface area contributed by atoms with Crippen LogP contribution in [0.15, 0.2) is 133 Å². The smallest absolute Gasteiger partial charge is 0.0547 e. The number of hydrogen-bond donors (Lipinski definition) is 0. The van der Waals surface area contributed by atoms with Gasteiger partial charge in [-0.1, -0.05) is 136 Å². The van der Waals surface area contributed by atoms with E-state index in [2.05, 4.69) is 159 Å². The average molecular weight is 550 g/mol. The third-order valence-electron chi connectivity index (χ3n) is 9.46. The van der Waals surface area contributed by atoms with Crippen LogP contribution in [-0.2, 0) is 5.41 Å². The molecule has 0 radical (unpaired) electrons. The minimum absolute atomic E-state index is 0.105. The monoisotopic (exact) mass is 549 g/mol. The van der Waals surface area contributed by atoms with Gasteiger partial charge in [0, 0.05) is 16.2 Å². The van der Waals surface area contributed by atoms with E-state index in [0.29, 0.717) is 0 Å². The maximum Gasteiger partial charge on any atom is 0.0547 e. The van der Waals surface area contributed by atoms with Crippen molar-refractivity contribution in [3.8, 4) is 16.8 Å². The van der Waals surface area contributed by atoms with E-state index < -0.39 is 0 Å². The van der Waals surface area contributed by atoms with Crippen molar-refractivity contribution < 1.29 is 0 Å². The van der Waals surface area contributed by atoms with Crippen LogP contribution >= 0.6 is 0 Å².